The van der Waals surface area contributed by atoms with Gasteiger partial charge in [-0.2, -0.15) is 4.58 Å². The molecule has 284 valence electrons. The third-order valence-corrected chi connectivity index (χ3v) is 11.9. The van der Waals surface area contributed by atoms with Gasteiger partial charge in [-0.3, -0.25) is 9.59 Å². The number of anilines is 1. The van der Waals surface area contributed by atoms with E-state index in [9.17, 15) is 9.59 Å². The number of rotatable bonds is 12. The standard InChI is InChI=1S/C49H49IN4O2/c1-48(2)42(53(30-28-44(55)51-5)40-26-24-35-17-11-13-20-38(35)46(40)48)22-9-7-6-8-10-23-43-49(3,4)47-39-21-14-12-18-36(39)25-27-41(47)54(43)31-29-45(56)52-33-34-16-15-19-37(50)32-34/h6-27,32H,28-31,33H2,1-5H3,(H-,51,52,55,56)/p+1. The first-order valence-electron chi connectivity index (χ1n) is 19.4. The number of hydrogen-bond donors (Lipinski definition) is 2. The highest BCUT2D eigenvalue weighted by molar-refractivity contribution is 14.1. The summed E-state index contributed by atoms with van der Waals surface area (Å²) in [4.78, 5) is 27.8. The van der Waals surface area contributed by atoms with Gasteiger partial charge in [0.15, 0.2) is 12.3 Å². The second-order valence-corrected chi connectivity index (χ2v) is 16.8. The molecule has 2 N–H and O–H groups in total. The number of benzene rings is 5. The van der Waals surface area contributed by atoms with Gasteiger partial charge in [0.1, 0.15) is 0 Å². The lowest BCUT2D eigenvalue weighted by atomic mass is 9.79. The molecule has 0 aromatic heterocycles. The molecule has 2 heterocycles. The lowest BCUT2D eigenvalue weighted by Gasteiger charge is -2.27. The molecule has 7 heteroatoms. The fourth-order valence-corrected chi connectivity index (χ4v) is 9.13. The highest BCUT2D eigenvalue weighted by Crippen LogP contribution is 2.51. The van der Waals surface area contributed by atoms with Gasteiger partial charge in [0, 0.05) is 64.6 Å². The van der Waals surface area contributed by atoms with Crippen molar-refractivity contribution in [2.75, 3.05) is 25.0 Å². The highest BCUT2D eigenvalue weighted by atomic mass is 127. The van der Waals surface area contributed by atoms with Gasteiger partial charge in [0.25, 0.3) is 0 Å². The lowest BCUT2D eigenvalue weighted by Crippen LogP contribution is -2.31. The number of hydrogen-bond acceptors (Lipinski definition) is 3. The molecule has 5 aromatic rings. The molecule has 0 saturated carbocycles. The first-order valence-corrected chi connectivity index (χ1v) is 20.5. The average molecular weight is 854 g/mol. The zero-order valence-corrected chi connectivity index (χ0v) is 35.1. The smallest absolute Gasteiger partial charge is 0.226 e. The van der Waals surface area contributed by atoms with Crippen molar-refractivity contribution in [2.24, 2.45) is 0 Å². The summed E-state index contributed by atoms with van der Waals surface area (Å²) in [6, 6.07) is 34.1. The van der Waals surface area contributed by atoms with Gasteiger partial charge in [-0.25, -0.2) is 0 Å². The van der Waals surface area contributed by atoms with Crippen LogP contribution in [0.15, 0.2) is 145 Å². The maximum Gasteiger partial charge on any atom is 0.226 e. The summed E-state index contributed by atoms with van der Waals surface area (Å²) >= 11 is 2.30. The van der Waals surface area contributed by atoms with Gasteiger partial charge < -0.3 is 15.5 Å². The van der Waals surface area contributed by atoms with Crippen LogP contribution in [0.25, 0.3) is 21.5 Å². The minimum absolute atomic E-state index is 0.0287. The van der Waals surface area contributed by atoms with Crippen molar-refractivity contribution in [2.45, 2.75) is 57.9 Å². The monoisotopic (exact) mass is 853 g/mol. The third kappa shape index (κ3) is 7.74. The first kappa shape index (κ1) is 39.0. The topological polar surface area (TPSA) is 64.5 Å². The summed E-state index contributed by atoms with van der Waals surface area (Å²) in [5.74, 6) is 0.0632. The Morgan fingerprint density at radius 3 is 2.14 bits per heavy atom. The fourth-order valence-electron chi connectivity index (χ4n) is 8.53. The van der Waals surface area contributed by atoms with Crippen molar-refractivity contribution in [1.82, 2.24) is 10.6 Å². The summed E-state index contributed by atoms with van der Waals surface area (Å²) in [6.45, 7) is 10.8. The number of nitrogens with one attached hydrogen (secondary N) is 2. The van der Waals surface area contributed by atoms with E-state index in [0.717, 1.165) is 26.2 Å². The number of amides is 2. The quantitative estimate of drug-likeness (QED) is 0.0747. The predicted octanol–water partition coefficient (Wildman–Crippen LogP) is 10.2. The molecule has 2 amide bonds. The Kier molecular flexibility index (Phi) is 11.4. The summed E-state index contributed by atoms with van der Waals surface area (Å²) in [6.07, 6.45) is 15.6. The molecule has 6 nitrogen and oxygen atoms in total. The van der Waals surface area contributed by atoms with Crippen LogP contribution >= 0.6 is 22.6 Å². The van der Waals surface area contributed by atoms with Crippen molar-refractivity contribution in [3.05, 3.63) is 166 Å². The second-order valence-electron chi connectivity index (χ2n) is 15.6. The largest absolute Gasteiger partial charge is 0.359 e. The Morgan fingerprint density at radius 2 is 1.41 bits per heavy atom. The second kappa shape index (κ2) is 16.4. The van der Waals surface area contributed by atoms with Crippen LogP contribution in [0.4, 0.5) is 11.4 Å². The minimum Gasteiger partial charge on any atom is -0.359 e. The molecule has 2 aliphatic heterocycles. The van der Waals surface area contributed by atoms with Crippen LogP contribution < -0.4 is 15.5 Å². The van der Waals surface area contributed by atoms with Crippen LogP contribution in [0, 0.1) is 3.57 Å². The van der Waals surface area contributed by atoms with E-state index in [1.807, 2.05) is 12.1 Å². The van der Waals surface area contributed by atoms with Crippen molar-refractivity contribution in [3.63, 3.8) is 0 Å². The Bertz CT molecular complexity index is 2490. The molecule has 0 saturated heterocycles. The predicted molar refractivity (Wildman–Crippen MR) is 241 cm³/mol. The molecule has 2 aliphatic rings. The number of carbonyl (C=O) groups excluding carboxylic acids is 2. The van der Waals surface area contributed by atoms with Crippen LogP contribution in [-0.2, 0) is 27.0 Å². The zero-order valence-electron chi connectivity index (χ0n) is 32.9. The maximum absolute atomic E-state index is 13.2. The summed E-state index contributed by atoms with van der Waals surface area (Å²) < 4.78 is 3.46. The van der Waals surface area contributed by atoms with Gasteiger partial charge >= 0.3 is 0 Å². The van der Waals surface area contributed by atoms with Crippen LogP contribution in [0.2, 0.25) is 0 Å². The van der Waals surface area contributed by atoms with E-state index in [-0.39, 0.29) is 22.6 Å². The number of nitrogens with zero attached hydrogens (tertiary/aromatic N) is 2. The Hall–Kier alpha value is -5.28. The highest BCUT2D eigenvalue weighted by Gasteiger charge is 2.45. The molecule has 0 radical (unpaired) electrons. The van der Waals surface area contributed by atoms with Crippen LogP contribution in [0.1, 0.15) is 57.2 Å². The van der Waals surface area contributed by atoms with E-state index < -0.39 is 0 Å². The molecule has 0 unspecified atom stereocenters. The number of carbonyl (C=O) groups is 2. The third-order valence-electron chi connectivity index (χ3n) is 11.2. The SMILES string of the molecule is CNC(=O)CC[N+]1=C(/C=C/C=C/C=C/C=C2/N(CCC(=O)NCc3cccc(I)c3)c3ccc4ccccc4c3C2(C)C)C(C)(C)c2c1ccc1ccccc21. The molecule has 0 bridgehead atoms. The normalized spacial score (nSPS) is 16.5. The number of halogens is 1. The number of fused-ring (bicyclic) bond motifs is 6. The minimum atomic E-state index is -0.274. The van der Waals surface area contributed by atoms with Crippen molar-refractivity contribution in [3.8, 4) is 0 Å². The fraction of sp³-hybridized carbons (Fsp3) is 0.245. The van der Waals surface area contributed by atoms with Gasteiger partial charge in [0.05, 0.1) is 11.8 Å². The van der Waals surface area contributed by atoms with Crippen LogP contribution in [0.5, 0.6) is 0 Å². The Balaban J connectivity index is 1.12. The first-order chi connectivity index (χ1) is 27.0. The molecular formula is C49H50IN4O2+. The zero-order chi connectivity index (χ0) is 39.5. The molecular weight excluding hydrogens is 803 g/mol. The molecule has 0 spiro atoms. The molecule has 56 heavy (non-hydrogen) atoms. The molecule has 0 fully saturated rings. The van der Waals surface area contributed by atoms with Gasteiger partial charge in [-0.05, 0) is 99.5 Å². The lowest BCUT2D eigenvalue weighted by molar-refractivity contribution is -0.436. The van der Waals surface area contributed by atoms with E-state index >= 15 is 0 Å². The van der Waals surface area contributed by atoms with Crippen LogP contribution in [0.3, 0.4) is 0 Å². The molecule has 5 aromatic carbocycles. The van der Waals surface area contributed by atoms with Crippen LogP contribution in [-0.4, -0.2) is 42.2 Å². The molecule has 7 rings (SSSR count). The summed E-state index contributed by atoms with van der Waals surface area (Å²) in [7, 11) is 1.69. The van der Waals surface area contributed by atoms with Crippen molar-refractivity contribution < 1.29 is 14.2 Å². The van der Waals surface area contributed by atoms with Gasteiger partial charge in [0.2, 0.25) is 17.5 Å². The Morgan fingerprint density at radius 1 is 0.732 bits per heavy atom. The van der Waals surface area contributed by atoms with Gasteiger partial charge in [-0.1, -0.05) is 111 Å². The van der Waals surface area contributed by atoms with Crippen molar-refractivity contribution >= 4 is 73.0 Å². The summed E-state index contributed by atoms with van der Waals surface area (Å²) in [5, 5.41) is 10.8. The van der Waals surface area contributed by atoms with E-state index in [4.69, 9.17) is 0 Å². The van der Waals surface area contributed by atoms with Crippen molar-refractivity contribution in [1.29, 1.82) is 0 Å². The summed E-state index contributed by atoms with van der Waals surface area (Å²) in [5.41, 5.74) is 7.80. The maximum atomic E-state index is 13.2. The van der Waals surface area contributed by atoms with E-state index in [0.29, 0.717) is 32.5 Å². The van der Waals surface area contributed by atoms with Gasteiger partial charge in [-0.15, -0.1) is 0 Å². The Labute approximate surface area is 344 Å². The van der Waals surface area contributed by atoms with E-state index in [2.05, 4.69) is 198 Å². The average Bonchev–Trinajstić information content (AvgIpc) is 3.55. The molecule has 0 aliphatic carbocycles. The van der Waals surface area contributed by atoms with E-state index in [1.54, 1.807) is 7.05 Å². The number of allylic oxidation sites excluding steroid dienone is 8. The molecule has 0 atom stereocenters. The van der Waals surface area contributed by atoms with E-state index in [1.165, 1.54) is 38.4 Å².